The molecular formula is C10H16N2O4S2. The molecule has 0 N–H and O–H groups in total. The molecule has 2 rings (SSSR count). The number of thioether (sulfide) groups is 1. The van der Waals surface area contributed by atoms with E-state index in [-0.39, 0.29) is 16.8 Å². The highest BCUT2D eigenvalue weighted by atomic mass is 32.2. The van der Waals surface area contributed by atoms with Gasteiger partial charge in [0.15, 0.2) is 15.0 Å². The summed E-state index contributed by atoms with van der Waals surface area (Å²) >= 11 is 1.38. The number of hydrogen-bond donors (Lipinski definition) is 0. The van der Waals surface area contributed by atoms with Gasteiger partial charge < -0.3 is 4.74 Å². The Kier molecular flexibility index (Phi) is 4.16. The lowest BCUT2D eigenvalue weighted by atomic mass is 10.4. The monoisotopic (exact) mass is 292 g/mol. The molecule has 102 valence electrons. The van der Waals surface area contributed by atoms with Crippen molar-refractivity contribution in [2.45, 2.75) is 18.6 Å². The minimum atomic E-state index is -2.90. The van der Waals surface area contributed by atoms with E-state index in [1.165, 1.54) is 16.7 Å². The summed E-state index contributed by atoms with van der Waals surface area (Å²) in [4.78, 5) is 17.4. The van der Waals surface area contributed by atoms with Crippen molar-refractivity contribution < 1.29 is 17.9 Å². The smallest absolute Gasteiger partial charge is 0.415 e. The van der Waals surface area contributed by atoms with Crippen molar-refractivity contribution in [2.24, 2.45) is 4.99 Å². The van der Waals surface area contributed by atoms with E-state index >= 15 is 0 Å². The molecule has 1 saturated heterocycles. The van der Waals surface area contributed by atoms with Crippen molar-refractivity contribution in [1.82, 2.24) is 4.90 Å². The number of aliphatic imine (C=N–C) groups is 1. The maximum atomic E-state index is 11.6. The second-order valence-corrected chi connectivity index (χ2v) is 7.65. The van der Waals surface area contributed by atoms with E-state index in [1.54, 1.807) is 6.92 Å². The molecule has 1 fully saturated rings. The van der Waals surface area contributed by atoms with Gasteiger partial charge in [0.25, 0.3) is 0 Å². The van der Waals surface area contributed by atoms with Crippen molar-refractivity contribution in [3.8, 4) is 0 Å². The predicted molar refractivity (Wildman–Crippen MR) is 70.7 cm³/mol. The van der Waals surface area contributed by atoms with Crippen LogP contribution in [-0.2, 0) is 14.6 Å². The summed E-state index contributed by atoms with van der Waals surface area (Å²) in [6.45, 7) is 3.15. The SMILES string of the molecule is CCOC(=O)N1CCN=C1S[C@H]1CCS(=O)(=O)C1. The van der Waals surface area contributed by atoms with Crippen molar-refractivity contribution >= 4 is 32.9 Å². The number of sulfone groups is 1. The van der Waals surface area contributed by atoms with Crippen LogP contribution in [0.4, 0.5) is 4.79 Å². The Morgan fingerprint density at radius 3 is 3.00 bits per heavy atom. The molecule has 0 saturated carbocycles. The van der Waals surface area contributed by atoms with E-state index in [4.69, 9.17) is 4.74 Å². The number of amides is 1. The van der Waals surface area contributed by atoms with Gasteiger partial charge in [-0.25, -0.2) is 13.2 Å². The van der Waals surface area contributed by atoms with Gasteiger partial charge in [-0.3, -0.25) is 9.89 Å². The van der Waals surface area contributed by atoms with Crippen molar-refractivity contribution in [3.05, 3.63) is 0 Å². The van der Waals surface area contributed by atoms with Gasteiger partial charge in [0.2, 0.25) is 0 Å². The summed E-state index contributed by atoms with van der Waals surface area (Å²) in [6, 6.07) is 0. The van der Waals surface area contributed by atoms with Gasteiger partial charge in [-0.05, 0) is 13.3 Å². The number of amidine groups is 1. The van der Waals surface area contributed by atoms with Crippen LogP contribution < -0.4 is 0 Å². The summed E-state index contributed by atoms with van der Waals surface area (Å²) in [5, 5.41) is 0.597. The van der Waals surface area contributed by atoms with Gasteiger partial charge in [0.1, 0.15) is 0 Å². The van der Waals surface area contributed by atoms with Crippen LogP contribution in [0.3, 0.4) is 0 Å². The molecular weight excluding hydrogens is 276 g/mol. The number of carbonyl (C=O) groups excluding carboxylic acids is 1. The molecule has 0 unspecified atom stereocenters. The largest absolute Gasteiger partial charge is 0.449 e. The molecule has 0 aliphatic carbocycles. The molecule has 18 heavy (non-hydrogen) atoms. The summed E-state index contributed by atoms with van der Waals surface area (Å²) in [5.74, 6) is 0.407. The van der Waals surface area contributed by atoms with E-state index in [2.05, 4.69) is 4.99 Å². The Labute approximate surface area is 111 Å². The summed E-state index contributed by atoms with van der Waals surface area (Å²) < 4.78 is 27.7. The molecule has 1 atom stereocenters. The topological polar surface area (TPSA) is 76.0 Å². The van der Waals surface area contributed by atoms with E-state index < -0.39 is 15.9 Å². The number of ether oxygens (including phenoxy) is 1. The molecule has 2 aliphatic heterocycles. The van der Waals surface area contributed by atoms with Gasteiger partial charge in [-0.1, -0.05) is 11.8 Å². The molecule has 0 bridgehead atoms. The lowest BCUT2D eigenvalue weighted by Crippen LogP contribution is -2.34. The molecule has 0 aromatic heterocycles. The molecule has 2 aliphatic rings. The number of rotatable bonds is 2. The third kappa shape index (κ3) is 3.17. The Morgan fingerprint density at radius 2 is 2.39 bits per heavy atom. The Morgan fingerprint density at radius 1 is 1.61 bits per heavy atom. The molecule has 1 amide bonds. The van der Waals surface area contributed by atoms with E-state index in [0.717, 1.165) is 0 Å². The maximum absolute atomic E-state index is 11.6. The Balaban J connectivity index is 1.95. The van der Waals surface area contributed by atoms with Gasteiger partial charge >= 0.3 is 6.09 Å². The maximum Gasteiger partial charge on any atom is 0.415 e. The highest BCUT2D eigenvalue weighted by Crippen LogP contribution is 2.28. The zero-order chi connectivity index (χ0) is 13.2. The van der Waals surface area contributed by atoms with E-state index in [9.17, 15) is 13.2 Å². The first kappa shape index (κ1) is 13.7. The molecule has 0 radical (unpaired) electrons. The summed E-state index contributed by atoms with van der Waals surface area (Å²) in [7, 11) is -2.90. The average Bonchev–Trinajstić information content (AvgIpc) is 2.86. The third-order valence-corrected chi connectivity index (χ3v) is 6.03. The van der Waals surface area contributed by atoms with Crippen LogP contribution in [0.5, 0.6) is 0 Å². The van der Waals surface area contributed by atoms with Crippen molar-refractivity contribution in [3.63, 3.8) is 0 Å². The Hall–Kier alpha value is -0.760. The van der Waals surface area contributed by atoms with Crippen LogP contribution in [0, 0.1) is 0 Å². The van der Waals surface area contributed by atoms with Crippen molar-refractivity contribution in [2.75, 3.05) is 31.2 Å². The van der Waals surface area contributed by atoms with E-state index in [1.807, 2.05) is 0 Å². The minimum Gasteiger partial charge on any atom is -0.449 e. The second-order valence-electron chi connectivity index (χ2n) is 4.16. The third-order valence-electron chi connectivity index (χ3n) is 2.75. The van der Waals surface area contributed by atoms with Gasteiger partial charge in [-0.15, -0.1) is 0 Å². The average molecular weight is 292 g/mol. The Bertz CT molecular complexity index is 460. The predicted octanol–water partition coefficient (Wildman–Crippen LogP) is 0.735. The van der Waals surface area contributed by atoms with Crippen LogP contribution >= 0.6 is 11.8 Å². The molecule has 8 heteroatoms. The molecule has 2 heterocycles. The first-order valence-corrected chi connectivity index (χ1v) is 8.58. The number of carbonyl (C=O) groups is 1. The van der Waals surface area contributed by atoms with Crippen LogP contribution in [0.2, 0.25) is 0 Å². The van der Waals surface area contributed by atoms with Crippen molar-refractivity contribution in [1.29, 1.82) is 0 Å². The van der Waals surface area contributed by atoms with E-state index in [0.29, 0.717) is 31.3 Å². The van der Waals surface area contributed by atoms with Crippen LogP contribution in [0.1, 0.15) is 13.3 Å². The van der Waals surface area contributed by atoms with Gasteiger partial charge in [0.05, 0.1) is 31.2 Å². The quantitative estimate of drug-likeness (QED) is 0.750. The fraction of sp³-hybridized carbons (Fsp3) is 0.800. The first-order chi connectivity index (χ1) is 8.52. The zero-order valence-corrected chi connectivity index (χ0v) is 11.8. The van der Waals surface area contributed by atoms with Gasteiger partial charge in [0, 0.05) is 5.25 Å². The molecule has 0 aromatic rings. The number of hydrogen-bond acceptors (Lipinski definition) is 6. The standard InChI is InChI=1S/C10H16N2O4S2/c1-2-16-10(13)12-5-4-11-9(12)17-8-3-6-18(14,15)7-8/h8H,2-7H2,1H3/t8-/m0/s1. The fourth-order valence-electron chi connectivity index (χ4n) is 1.90. The fourth-order valence-corrected chi connectivity index (χ4v) is 5.48. The molecule has 6 nitrogen and oxygen atoms in total. The summed E-state index contributed by atoms with van der Waals surface area (Å²) in [5.41, 5.74) is 0. The van der Waals surface area contributed by atoms with Gasteiger partial charge in [-0.2, -0.15) is 0 Å². The highest BCUT2D eigenvalue weighted by Gasteiger charge is 2.33. The van der Waals surface area contributed by atoms with Crippen LogP contribution in [-0.4, -0.2) is 61.0 Å². The zero-order valence-electron chi connectivity index (χ0n) is 10.2. The summed E-state index contributed by atoms with van der Waals surface area (Å²) in [6.07, 6.45) is 0.227. The first-order valence-electron chi connectivity index (χ1n) is 5.87. The van der Waals surface area contributed by atoms with Crippen LogP contribution in [0.15, 0.2) is 4.99 Å². The minimum absolute atomic E-state index is 0.00350. The normalized spacial score (nSPS) is 26.2. The van der Waals surface area contributed by atoms with Crippen LogP contribution in [0.25, 0.3) is 0 Å². The highest BCUT2D eigenvalue weighted by molar-refractivity contribution is 8.15. The lowest BCUT2D eigenvalue weighted by Gasteiger charge is -2.18. The lowest BCUT2D eigenvalue weighted by molar-refractivity contribution is 0.131. The second kappa shape index (κ2) is 5.48. The molecule has 0 spiro atoms. The molecule has 0 aromatic carbocycles. The number of nitrogens with zero attached hydrogens (tertiary/aromatic N) is 2.